The van der Waals surface area contributed by atoms with Crippen molar-refractivity contribution in [2.45, 2.75) is 45.4 Å². The summed E-state index contributed by atoms with van der Waals surface area (Å²) in [6.45, 7) is 5.55. The van der Waals surface area contributed by atoms with Crippen molar-refractivity contribution in [3.05, 3.63) is 73.4 Å². The van der Waals surface area contributed by atoms with Gasteiger partial charge in [0, 0.05) is 31.3 Å². The quantitative estimate of drug-likeness (QED) is 0.488. The molecule has 1 saturated heterocycles. The monoisotopic (exact) mass is 467 g/mol. The summed E-state index contributed by atoms with van der Waals surface area (Å²) in [5, 5.41) is 9.67. The van der Waals surface area contributed by atoms with E-state index in [2.05, 4.69) is 14.9 Å². The first kappa shape index (κ1) is 23.7. The van der Waals surface area contributed by atoms with E-state index in [0.29, 0.717) is 35.4 Å². The number of aromatic nitrogens is 2. The number of hydrogen-bond donors (Lipinski definition) is 3. The Morgan fingerprint density at radius 3 is 2.59 bits per heavy atom. The number of fused-ring (bicyclic) bond motifs is 1. The van der Waals surface area contributed by atoms with Crippen molar-refractivity contribution in [3.8, 4) is 5.75 Å². The molecule has 180 valence electrons. The van der Waals surface area contributed by atoms with E-state index in [1.807, 2.05) is 32.0 Å². The molecule has 0 amide bonds. The summed E-state index contributed by atoms with van der Waals surface area (Å²) in [7, 11) is 1.56. The molecule has 1 fully saturated rings. The standard InChI is InChI=1S/C25H29N3O6/c1-4-34-17-9-10-28(19(12-17)15-5-7-16(8-6-15)24(30)31)13-18-20(33-3)11-14(2)22-21(18)23(29)27-25(32)26-22/h5-8,11,17,19H,4,9-10,12-13H2,1-3H3,(H,30,31)(H2,26,27,29,32)/t17-,19-/m0/s1. The Morgan fingerprint density at radius 2 is 1.94 bits per heavy atom. The number of carbonyl (C=O) groups is 1. The maximum absolute atomic E-state index is 12.8. The van der Waals surface area contributed by atoms with Crippen molar-refractivity contribution < 1.29 is 19.4 Å². The van der Waals surface area contributed by atoms with E-state index in [1.165, 1.54) is 0 Å². The van der Waals surface area contributed by atoms with Crippen LogP contribution < -0.4 is 16.0 Å². The number of piperidine rings is 1. The number of nitrogens with zero attached hydrogens (tertiary/aromatic N) is 1. The number of methoxy groups -OCH3 is 1. The first-order valence-electron chi connectivity index (χ1n) is 11.3. The number of carboxylic acid groups (broad SMARTS) is 1. The number of likely N-dealkylation sites (tertiary alicyclic amines) is 1. The molecule has 9 heteroatoms. The van der Waals surface area contributed by atoms with Gasteiger partial charge in [0.1, 0.15) is 5.75 Å². The minimum absolute atomic E-state index is 0.0453. The minimum atomic E-state index is -0.969. The van der Waals surface area contributed by atoms with Crippen LogP contribution in [0.4, 0.5) is 0 Å². The van der Waals surface area contributed by atoms with Gasteiger partial charge in [-0.05, 0) is 56.0 Å². The maximum atomic E-state index is 12.8. The van der Waals surface area contributed by atoms with E-state index in [1.54, 1.807) is 19.2 Å². The first-order chi connectivity index (χ1) is 16.3. The molecule has 2 heterocycles. The van der Waals surface area contributed by atoms with Crippen LogP contribution in [-0.4, -0.2) is 52.3 Å². The smallest absolute Gasteiger partial charge is 0.335 e. The normalized spacial score (nSPS) is 18.8. The number of H-pyrrole nitrogens is 2. The summed E-state index contributed by atoms with van der Waals surface area (Å²) in [6.07, 6.45) is 1.65. The largest absolute Gasteiger partial charge is 0.496 e. The van der Waals surface area contributed by atoms with E-state index in [4.69, 9.17) is 9.47 Å². The number of ether oxygens (including phenoxy) is 2. The van der Waals surface area contributed by atoms with Gasteiger partial charge in [-0.3, -0.25) is 14.7 Å². The molecule has 2 aromatic carbocycles. The van der Waals surface area contributed by atoms with Crippen LogP contribution in [0.15, 0.2) is 39.9 Å². The zero-order valence-electron chi connectivity index (χ0n) is 19.5. The zero-order chi connectivity index (χ0) is 24.4. The summed E-state index contributed by atoms with van der Waals surface area (Å²) in [5.41, 5.74) is 2.14. The van der Waals surface area contributed by atoms with Crippen LogP contribution in [0.3, 0.4) is 0 Å². The summed E-state index contributed by atoms with van der Waals surface area (Å²) >= 11 is 0. The number of aromatic amines is 2. The van der Waals surface area contributed by atoms with E-state index in [9.17, 15) is 19.5 Å². The predicted molar refractivity (Wildman–Crippen MR) is 128 cm³/mol. The molecule has 0 unspecified atom stereocenters. The second-order valence-corrected chi connectivity index (χ2v) is 8.55. The van der Waals surface area contributed by atoms with Gasteiger partial charge in [0.25, 0.3) is 5.56 Å². The van der Waals surface area contributed by atoms with Gasteiger partial charge in [0.15, 0.2) is 0 Å². The number of carboxylic acids is 1. The van der Waals surface area contributed by atoms with Gasteiger partial charge in [-0.15, -0.1) is 0 Å². The molecule has 4 rings (SSSR count). The predicted octanol–water partition coefficient (Wildman–Crippen LogP) is 2.97. The fraction of sp³-hybridized carbons (Fsp3) is 0.400. The molecule has 0 spiro atoms. The molecule has 3 N–H and O–H groups in total. The molecule has 0 bridgehead atoms. The minimum Gasteiger partial charge on any atom is -0.496 e. The number of hydrogen-bond acceptors (Lipinski definition) is 6. The average Bonchev–Trinajstić information content (AvgIpc) is 2.81. The maximum Gasteiger partial charge on any atom is 0.335 e. The van der Waals surface area contributed by atoms with Gasteiger partial charge in [-0.1, -0.05) is 12.1 Å². The van der Waals surface area contributed by atoms with E-state index in [0.717, 1.165) is 30.5 Å². The molecule has 34 heavy (non-hydrogen) atoms. The Bertz CT molecular complexity index is 1310. The third kappa shape index (κ3) is 4.62. The van der Waals surface area contributed by atoms with E-state index in [-0.39, 0.29) is 17.7 Å². The van der Waals surface area contributed by atoms with Crippen molar-refractivity contribution >= 4 is 16.9 Å². The van der Waals surface area contributed by atoms with Crippen molar-refractivity contribution in [2.24, 2.45) is 0 Å². The summed E-state index contributed by atoms with van der Waals surface area (Å²) in [4.78, 5) is 43.4. The van der Waals surface area contributed by atoms with Gasteiger partial charge in [-0.25, -0.2) is 9.59 Å². The van der Waals surface area contributed by atoms with Gasteiger partial charge >= 0.3 is 11.7 Å². The van der Waals surface area contributed by atoms with Crippen molar-refractivity contribution in [1.82, 2.24) is 14.9 Å². The zero-order valence-corrected chi connectivity index (χ0v) is 19.5. The summed E-state index contributed by atoms with van der Waals surface area (Å²) in [6, 6.07) is 8.68. The van der Waals surface area contributed by atoms with Gasteiger partial charge in [-0.2, -0.15) is 0 Å². The number of benzene rings is 2. The van der Waals surface area contributed by atoms with Crippen LogP contribution in [0.25, 0.3) is 10.9 Å². The highest BCUT2D eigenvalue weighted by molar-refractivity contribution is 5.87. The molecule has 1 aromatic heterocycles. The lowest BCUT2D eigenvalue weighted by atomic mass is 9.91. The van der Waals surface area contributed by atoms with Crippen molar-refractivity contribution in [1.29, 1.82) is 0 Å². The Balaban J connectivity index is 1.78. The molecule has 1 aliphatic rings. The highest BCUT2D eigenvalue weighted by Gasteiger charge is 2.31. The fourth-order valence-corrected chi connectivity index (χ4v) is 4.84. The Kier molecular flexibility index (Phi) is 6.85. The van der Waals surface area contributed by atoms with Gasteiger partial charge in [0.05, 0.1) is 29.7 Å². The number of nitrogens with one attached hydrogen (secondary N) is 2. The first-order valence-corrected chi connectivity index (χ1v) is 11.3. The van der Waals surface area contributed by atoms with Gasteiger partial charge < -0.3 is 19.6 Å². The van der Waals surface area contributed by atoms with Crippen LogP contribution in [0.2, 0.25) is 0 Å². The van der Waals surface area contributed by atoms with Crippen LogP contribution in [0.5, 0.6) is 5.75 Å². The second-order valence-electron chi connectivity index (χ2n) is 8.55. The molecular weight excluding hydrogens is 438 g/mol. The average molecular weight is 468 g/mol. The highest BCUT2D eigenvalue weighted by Crippen LogP contribution is 2.37. The second kappa shape index (κ2) is 9.82. The molecule has 3 aromatic rings. The molecule has 1 aliphatic heterocycles. The summed E-state index contributed by atoms with van der Waals surface area (Å²) in [5.74, 6) is -0.391. The fourth-order valence-electron chi connectivity index (χ4n) is 4.84. The van der Waals surface area contributed by atoms with Crippen molar-refractivity contribution in [2.75, 3.05) is 20.3 Å². The van der Waals surface area contributed by atoms with Crippen LogP contribution in [0, 0.1) is 6.92 Å². The molecule has 9 nitrogen and oxygen atoms in total. The lowest BCUT2D eigenvalue weighted by molar-refractivity contribution is -0.0138. The lowest BCUT2D eigenvalue weighted by Crippen LogP contribution is -2.39. The van der Waals surface area contributed by atoms with Crippen LogP contribution >= 0.6 is 0 Å². The number of aromatic carboxylic acids is 1. The van der Waals surface area contributed by atoms with Gasteiger partial charge in [0.2, 0.25) is 0 Å². The van der Waals surface area contributed by atoms with E-state index >= 15 is 0 Å². The van der Waals surface area contributed by atoms with E-state index < -0.39 is 17.2 Å². The Labute approximate surface area is 196 Å². The third-order valence-corrected chi connectivity index (χ3v) is 6.47. The van der Waals surface area contributed by atoms with Crippen LogP contribution in [-0.2, 0) is 11.3 Å². The number of rotatable bonds is 7. The third-order valence-electron chi connectivity index (χ3n) is 6.47. The Morgan fingerprint density at radius 1 is 1.21 bits per heavy atom. The molecular formula is C25H29N3O6. The topological polar surface area (TPSA) is 125 Å². The summed E-state index contributed by atoms with van der Waals surface area (Å²) < 4.78 is 11.6. The Hall–Kier alpha value is -3.43. The SMILES string of the molecule is CCO[C@H]1CCN(Cc2c(OC)cc(C)c3[nH]c(=O)[nH]c(=O)c23)[C@H](c2ccc(C(=O)O)cc2)C1. The molecule has 0 radical (unpaired) electrons. The molecule has 0 saturated carbocycles. The lowest BCUT2D eigenvalue weighted by Gasteiger charge is -2.40. The van der Waals surface area contributed by atoms with Crippen LogP contribution in [0.1, 0.15) is 52.9 Å². The molecule has 2 atom stereocenters. The van der Waals surface area contributed by atoms with Crippen molar-refractivity contribution in [3.63, 3.8) is 0 Å². The molecule has 0 aliphatic carbocycles. The number of aryl methyl sites for hydroxylation is 1. The highest BCUT2D eigenvalue weighted by atomic mass is 16.5.